The summed E-state index contributed by atoms with van der Waals surface area (Å²) >= 11 is 1.82. The molecule has 70 valence electrons. The fourth-order valence-electron chi connectivity index (χ4n) is 1.30. The minimum atomic E-state index is 0.185. The smallest absolute Gasteiger partial charge is 0.133 e. The predicted molar refractivity (Wildman–Crippen MR) is 53.8 cm³/mol. The molecule has 3 nitrogen and oxygen atoms in total. The molecule has 0 bridgehead atoms. The van der Waals surface area contributed by atoms with Crippen molar-refractivity contribution in [3.05, 3.63) is 24.3 Å². The topological polar surface area (TPSA) is 47.3 Å². The number of hydrogen-bond donors (Lipinski definition) is 2. The van der Waals surface area contributed by atoms with E-state index in [1.807, 2.05) is 30.0 Å². The lowest BCUT2D eigenvalue weighted by molar-refractivity contribution is 0.212. The highest BCUT2D eigenvalue weighted by Crippen LogP contribution is 2.34. The SMILES string of the molecule is NNCC1CSc2ccccc2O1. The Kier molecular flexibility index (Phi) is 2.73. The normalized spacial score (nSPS) is 20.5. The zero-order valence-corrected chi connectivity index (χ0v) is 8.01. The van der Waals surface area contributed by atoms with Crippen molar-refractivity contribution in [1.29, 1.82) is 0 Å². The first kappa shape index (κ1) is 8.87. The molecule has 0 radical (unpaired) electrons. The van der Waals surface area contributed by atoms with Crippen LogP contribution in [0.5, 0.6) is 5.75 Å². The first-order valence-electron chi connectivity index (χ1n) is 4.22. The molecule has 0 spiro atoms. The van der Waals surface area contributed by atoms with E-state index in [1.165, 1.54) is 4.90 Å². The van der Waals surface area contributed by atoms with Crippen LogP contribution in [0.25, 0.3) is 0 Å². The van der Waals surface area contributed by atoms with Gasteiger partial charge in [-0.3, -0.25) is 11.3 Å². The van der Waals surface area contributed by atoms with Gasteiger partial charge in [0.25, 0.3) is 0 Å². The van der Waals surface area contributed by atoms with Gasteiger partial charge in [0.2, 0.25) is 0 Å². The number of nitrogens with one attached hydrogen (secondary N) is 1. The molecule has 2 rings (SSSR count). The summed E-state index contributed by atoms with van der Waals surface area (Å²) in [7, 11) is 0. The van der Waals surface area contributed by atoms with Crippen LogP contribution < -0.4 is 16.0 Å². The van der Waals surface area contributed by atoms with E-state index in [1.54, 1.807) is 0 Å². The molecule has 0 saturated carbocycles. The van der Waals surface area contributed by atoms with Crippen molar-refractivity contribution >= 4 is 11.8 Å². The minimum Gasteiger partial charge on any atom is -0.487 e. The summed E-state index contributed by atoms with van der Waals surface area (Å²) in [5, 5.41) is 0. The van der Waals surface area contributed by atoms with Crippen LogP contribution in [0, 0.1) is 0 Å². The molecule has 1 atom stereocenters. The quantitative estimate of drug-likeness (QED) is 0.547. The van der Waals surface area contributed by atoms with Crippen LogP contribution in [0.1, 0.15) is 0 Å². The van der Waals surface area contributed by atoms with Gasteiger partial charge in [0, 0.05) is 17.2 Å². The molecule has 0 aliphatic carbocycles. The number of thioether (sulfide) groups is 1. The van der Waals surface area contributed by atoms with Crippen molar-refractivity contribution in [1.82, 2.24) is 5.43 Å². The molecule has 0 amide bonds. The number of hydrazine groups is 1. The first-order valence-corrected chi connectivity index (χ1v) is 5.20. The summed E-state index contributed by atoms with van der Waals surface area (Å²) in [6.45, 7) is 0.696. The van der Waals surface area contributed by atoms with E-state index in [2.05, 4.69) is 11.5 Å². The van der Waals surface area contributed by atoms with Gasteiger partial charge in [-0.05, 0) is 12.1 Å². The molecule has 1 aromatic rings. The van der Waals surface area contributed by atoms with E-state index >= 15 is 0 Å². The van der Waals surface area contributed by atoms with Crippen LogP contribution >= 0.6 is 11.8 Å². The molecular formula is C9H12N2OS. The first-order chi connectivity index (χ1) is 6.40. The van der Waals surface area contributed by atoms with Gasteiger partial charge in [0.05, 0.1) is 0 Å². The number of fused-ring (bicyclic) bond motifs is 1. The third kappa shape index (κ3) is 1.96. The molecule has 1 aliphatic heterocycles. The maximum absolute atomic E-state index is 5.71. The van der Waals surface area contributed by atoms with Crippen molar-refractivity contribution in [3.63, 3.8) is 0 Å². The second-order valence-electron chi connectivity index (χ2n) is 2.91. The summed E-state index contributed by atoms with van der Waals surface area (Å²) in [4.78, 5) is 1.22. The summed E-state index contributed by atoms with van der Waals surface area (Å²) in [5.74, 6) is 7.17. The molecule has 0 aromatic heterocycles. The fraction of sp³-hybridized carbons (Fsp3) is 0.333. The van der Waals surface area contributed by atoms with Gasteiger partial charge in [0.1, 0.15) is 11.9 Å². The van der Waals surface area contributed by atoms with Crippen LogP contribution in [0.2, 0.25) is 0 Å². The standard InChI is InChI=1S/C9H12N2OS/c10-11-5-7-6-13-9-4-2-1-3-8(9)12-7/h1-4,7,11H,5-6,10H2. The third-order valence-corrected chi connectivity index (χ3v) is 3.10. The van der Waals surface area contributed by atoms with Gasteiger partial charge in [-0.15, -0.1) is 11.8 Å². The number of nitrogens with two attached hydrogens (primary N) is 1. The van der Waals surface area contributed by atoms with E-state index in [-0.39, 0.29) is 6.10 Å². The highest BCUT2D eigenvalue weighted by atomic mass is 32.2. The Hall–Kier alpha value is -0.710. The van der Waals surface area contributed by atoms with Crippen LogP contribution in [-0.4, -0.2) is 18.4 Å². The largest absolute Gasteiger partial charge is 0.487 e. The lowest BCUT2D eigenvalue weighted by Gasteiger charge is -2.24. The van der Waals surface area contributed by atoms with E-state index in [0.717, 1.165) is 11.5 Å². The molecule has 3 N–H and O–H groups in total. The predicted octanol–water partition coefficient (Wildman–Crippen LogP) is 1.00. The highest BCUT2D eigenvalue weighted by Gasteiger charge is 2.18. The zero-order chi connectivity index (χ0) is 9.10. The summed E-state index contributed by atoms with van der Waals surface area (Å²) in [6, 6.07) is 8.07. The van der Waals surface area contributed by atoms with Gasteiger partial charge in [0.15, 0.2) is 0 Å². The zero-order valence-electron chi connectivity index (χ0n) is 7.19. The second-order valence-corrected chi connectivity index (χ2v) is 3.97. The van der Waals surface area contributed by atoms with Crippen molar-refractivity contribution in [3.8, 4) is 5.75 Å². The number of hydrogen-bond acceptors (Lipinski definition) is 4. The van der Waals surface area contributed by atoms with Crippen molar-refractivity contribution in [2.75, 3.05) is 12.3 Å². The van der Waals surface area contributed by atoms with Gasteiger partial charge in [-0.25, -0.2) is 0 Å². The molecule has 1 aliphatic rings. The maximum atomic E-state index is 5.71. The van der Waals surface area contributed by atoms with E-state index < -0.39 is 0 Å². The molecule has 1 aromatic carbocycles. The number of rotatable bonds is 2. The van der Waals surface area contributed by atoms with Gasteiger partial charge in [-0.2, -0.15) is 0 Å². The van der Waals surface area contributed by atoms with E-state index in [4.69, 9.17) is 10.6 Å². The van der Waals surface area contributed by atoms with E-state index in [0.29, 0.717) is 6.54 Å². The monoisotopic (exact) mass is 196 g/mol. The van der Waals surface area contributed by atoms with Crippen LogP contribution in [0.4, 0.5) is 0 Å². The molecule has 1 unspecified atom stereocenters. The van der Waals surface area contributed by atoms with Gasteiger partial charge >= 0.3 is 0 Å². The number of para-hydroxylation sites is 1. The Bertz CT molecular complexity index is 293. The average molecular weight is 196 g/mol. The summed E-state index contributed by atoms with van der Waals surface area (Å²) in [6.07, 6.45) is 0.185. The molecule has 0 fully saturated rings. The van der Waals surface area contributed by atoms with Crippen LogP contribution in [0.3, 0.4) is 0 Å². The Labute approximate surface area is 81.6 Å². The van der Waals surface area contributed by atoms with E-state index in [9.17, 15) is 0 Å². The average Bonchev–Trinajstić information content (AvgIpc) is 2.18. The lowest BCUT2D eigenvalue weighted by atomic mass is 10.3. The highest BCUT2D eigenvalue weighted by molar-refractivity contribution is 7.99. The third-order valence-electron chi connectivity index (χ3n) is 1.91. The van der Waals surface area contributed by atoms with Crippen molar-refractivity contribution in [2.24, 2.45) is 5.84 Å². The minimum absolute atomic E-state index is 0.185. The molecule has 13 heavy (non-hydrogen) atoms. The van der Waals surface area contributed by atoms with Crippen molar-refractivity contribution in [2.45, 2.75) is 11.0 Å². The number of ether oxygens (including phenoxy) is 1. The molecular weight excluding hydrogens is 184 g/mol. The summed E-state index contributed by atoms with van der Waals surface area (Å²) in [5.41, 5.74) is 2.63. The Morgan fingerprint density at radius 3 is 3.23 bits per heavy atom. The van der Waals surface area contributed by atoms with Crippen molar-refractivity contribution < 1.29 is 4.74 Å². The van der Waals surface area contributed by atoms with Crippen LogP contribution in [-0.2, 0) is 0 Å². The van der Waals surface area contributed by atoms with Gasteiger partial charge < -0.3 is 4.74 Å². The molecule has 1 heterocycles. The number of benzene rings is 1. The lowest BCUT2D eigenvalue weighted by Crippen LogP contribution is -2.38. The maximum Gasteiger partial charge on any atom is 0.133 e. The van der Waals surface area contributed by atoms with Crippen LogP contribution in [0.15, 0.2) is 29.2 Å². The molecule has 0 saturated heterocycles. The second kappa shape index (κ2) is 4.00. The Balaban J connectivity index is 2.11. The Morgan fingerprint density at radius 1 is 1.54 bits per heavy atom. The summed E-state index contributed by atoms with van der Waals surface area (Å²) < 4.78 is 5.71. The van der Waals surface area contributed by atoms with Gasteiger partial charge in [-0.1, -0.05) is 12.1 Å². The molecule has 4 heteroatoms. The fourth-order valence-corrected chi connectivity index (χ4v) is 2.28. The Morgan fingerprint density at radius 2 is 2.38 bits per heavy atom.